The SMILES string of the molecule is O=C(NC(c1cccc(F)c1)c1ccccn1)c1cccc(O)c1O. The fourth-order valence-electron chi connectivity index (χ4n) is 2.48. The molecule has 0 spiro atoms. The Kier molecular flexibility index (Phi) is 4.61. The molecule has 5 nitrogen and oxygen atoms in total. The predicted molar refractivity (Wildman–Crippen MR) is 89.7 cm³/mol. The number of carbonyl (C=O) groups excluding carboxylic acids is 1. The predicted octanol–water partition coefficient (Wildman–Crippen LogP) is 3.15. The number of phenols is 2. The number of para-hydroxylation sites is 1. The molecule has 3 N–H and O–H groups in total. The van der Waals surface area contributed by atoms with Gasteiger partial charge in [-0.3, -0.25) is 9.78 Å². The summed E-state index contributed by atoms with van der Waals surface area (Å²) in [6.07, 6.45) is 1.57. The molecule has 0 bridgehead atoms. The van der Waals surface area contributed by atoms with Gasteiger partial charge in [-0.25, -0.2) is 4.39 Å². The van der Waals surface area contributed by atoms with Crippen LogP contribution < -0.4 is 5.32 Å². The van der Waals surface area contributed by atoms with Gasteiger partial charge in [-0.15, -0.1) is 0 Å². The molecule has 0 saturated carbocycles. The van der Waals surface area contributed by atoms with Crippen LogP contribution in [0.15, 0.2) is 66.9 Å². The Hall–Kier alpha value is -3.41. The quantitative estimate of drug-likeness (QED) is 0.638. The molecule has 0 radical (unpaired) electrons. The average molecular weight is 338 g/mol. The monoisotopic (exact) mass is 338 g/mol. The van der Waals surface area contributed by atoms with Gasteiger partial charge in [-0.2, -0.15) is 0 Å². The maximum atomic E-state index is 13.6. The van der Waals surface area contributed by atoms with Crippen molar-refractivity contribution in [2.24, 2.45) is 0 Å². The van der Waals surface area contributed by atoms with E-state index < -0.39 is 29.3 Å². The van der Waals surface area contributed by atoms with Crippen LogP contribution in [0.4, 0.5) is 4.39 Å². The molecule has 126 valence electrons. The lowest BCUT2D eigenvalue weighted by atomic mass is 10.0. The number of carbonyl (C=O) groups is 1. The maximum Gasteiger partial charge on any atom is 0.255 e. The molecule has 0 aliphatic carbocycles. The number of aromatic hydroxyl groups is 2. The van der Waals surface area contributed by atoms with Crippen molar-refractivity contribution >= 4 is 5.91 Å². The number of phenolic OH excluding ortho intramolecular Hbond substituents is 2. The van der Waals surface area contributed by atoms with E-state index in [4.69, 9.17) is 0 Å². The van der Waals surface area contributed by atoms with Crippen molar-refractivity contribution in [3.05, 3.63) is 89.5 Å². The Morgan fingerprint density at radius 3 is 2.56 bits per heavy atom. The highest BCUT2D eigenvalue weighted by Crippen LogP contribution is 2.29. The number of aromatic nitrogens is 1. The number of hydrogen-bond acceptors (Lipinski definition) is 4. The molecule has 0 aliphatic rings. The van der Waals surface area contributed by atoms with Crippen LogP contribution >= 0.6 is 0 Å². The fraction of sp³-hybridized carbons (Fsp3) is 0.0526. The molecule has 3 aromatic rings. The minimum absolute atomic E-state index is 0.0858. The third-order valence-corrected chi connectivity index (χ3v) is 3.70. The van der Waals surface area contributed by atoms with Gasteiger partial charge in [0.25, 0.3) is 5.91 Å². The zero-order chi connectivity index (χ0) is 17.8. The third kappa shape index (κ3) is 3.58. The van der Waals surface area contributed by atoms with Gasteiger partial charge < -0.3 is 15.5 Å². The number of amides is 1. The van der Waals surface area contributed by atoms with Crippen molar-refractivity contribution in [1.29, 1.82) is 0 Å². The maximum absolute atomic E-state index is 13.6. The van der Waals surface area contributed by atoms with Gasteiger partial charge in [-0.1, -0.05) is 24.3 Å². The first-order chi connectivity index (χ1) is 12.1. The Labute approximate surface area is 143 Å². The molecule has 1 amide bonds. The van der Waals surface area contributed by atoms with Crippen molar-refractivity contribution < 1.29 is 19.4 Å². The van der Waals surface area contributed by atoms with Crippen LogP contribution in [0.2, 0.25) is 0 Å². The number of rotatable bonds is 4. The van der Waals surface area contributed by atoms with Gasteiger partial charge >= 0.3 is 0 Å². The number of nitrogens with one attached hydrogen (secondary N) is 1. The van der Waals surface area contributed by atoms with E-state index in [-0.39, 0.29) is 5.56 Å². The van der Waals surface area contributed by atoms with E-state index in [1.165, 1.54) is 30.3 Å². The first-order valence-electron chi connectivity index (χ1n) is 7.54. The number of nitrogens with zero attached hydrogens (tertiary/aromatic N) is 1. The second-order valence-corrected chi connectivity index (χ2v) is 5.39. The summed E-state index contributed by atoms with van der Waals surface area (Å²) in [6, 6.07) is 14.4. The molecule has 1 atom stereocenters. The minimum Gasteiger partial charge on any atom is -0.504 e. The Bertz CT molecular complexity index is 900. The number of pyridine rings is 1. The topological polar surface area (TPSA) is 82.5 Å². The molecule has 1 heterocycles. The van der Waals surface area contributed by atoms with E-state index in [1.807, 2.05) is 0 Å². The Morgan fingerprint density at radius 2 is 1.84 bits per heavy atom. The van der Waals surface area contributed by atoms with Crippen LogP contribution in [0, 0.1) is 5.82 Å². The van der Waals surface area contributed by atoms with Gasteiger partial charge in [0.15, 0.2) is 11.5 Å². The van der Waals surface area contributed by atoms with Crippen LogP contribution in [0.1, 0.15) is 27.7 Å². The molecule has 0 saturated heterocycles. The van der Waals surface area contributed by atoms with Gasteiger partial charge in [0.2, 0.25) is 0 Å². The smallest absolute Gasteiger partial charge is 0.255 e. The van der Waals surface area contributed by atoms with E-state index in [0.717, 1.165) is 0 Å². The molecule has 1 aromatic heterocycles. The summed E-state index contributed by atoms with van der Waals surface area (Å²) in [5, 5.41) is 22.2. The van der Waals surface area contributed by atoms with Crippen molar-refractivity contribution in [1.82, 2.24) is 10.3 Å². The standard InChI is InChI=1S/C19H15FN2O3/c20-13-6-3-5-12(11-13)17(15-8-1-2-10-21-15)22-19(25)14-7-4-9-16(23)18(14)24/h1-11,17,23-24H,(H,22,25). The summed E-state index contributed by atoms with van der Waals surface area (Å²) in [6.45, 7) is 0. The summed E-state index contributed by atoms with van der Waals surface area (Å²) in [5.41, 5.74) is 0.935. The first kappa shape index (κ1) is 16.4. The highest BCUT2D eigenvalue weighted by Gasteiger charge is 2.22. The average Bonchev–Trinajstić information content (AvgIpc) is 2.62. The molecule has 2 aromatic carbocycles. The summed E-state index contributed by atoms with van der Waals surface area (Å²) in [4.78, 5) is 16.8. The minimum atomic E-state index is -0.717. The van der Waals surface area contributed by atoms with Crippen LogP contribution in [0.5, 0.6) is 11.5 Å². The van der Waals surface area contributed by atoms with Gasteiger partial charge in [0.05, 0.1) is 17.3 Å². The second-order valence-electron chi connectivity index (χ2n) is 5.39. The van der Waals surface area contributed by atoms with Crippen LogP contribution in [0.3, 0.4) is 0 Å². The first-order valence-corrected chi connectivity index (χ1v) is 7.54. The van der Waals surface area contributed by atoms with E-state index in [0.29, 0.717) is 11.3 Å². The van der Waals surface area contributed by atoms with Gasteiger partial charge in [-0.05, 0) is 42.0 Å². The van der Waals surface area contributed by atoms with E-state index in [2.05, 4.69) is 10.3 Å². The normalized spacial score (nSPS) is 11.7. The van der Waals surface area contributed by atoms with Gasteiger partial charge in [0, 0.05) is 6.20 Å². The zero-order valence-electron chi connectivity index (χ0n) is 13.1. The van der Waals surface area contributed by atoms with E-state index in [1.54, 1.807) is 36.5 Å². The zero-order valence-corrected chi connectivity index (χ0v) is 13.1. The highest BCUT2D eigenvalue weighted by atomic mass is 19.1. The van der Waals surface area contributed by atoms with Crippen LogP contribution in [-0.2, 0) is 0 Å². The van der Waals surface area contributed by atoms with Gasteiger partial charge in [0.1, 0.15) is 5.82 Å². The molecular weight excluding hydrogens is 323 g/mol. The molecular formula is C19H15FN2O3. The summed E-state index contributed by atoms with van der Waals surface area (Å²) in [5.74, 6) is -1.96. The molecule has 1 unspecified atom stereocenters. The molecule has 25 heavy (non-hydrogen) atoms. The summed E-state index contributed by atoms with van der Waals surface area (Å²) >= 11 is 0. The molecule has 0 fully saturated rings. The number of hydrogen-bond donors (Lipinski definition) is 3. The van der Waals surface area contributed by atoms with Crippen molar-refractivity contribution in [2.75, 3.05) is 0 Å². The van der Waals surface area contributed by atoms with Crippen LogP contribution in [0.25, 0.3) is 0 Å². The molecule has 0 aliphatic heterocycles. The lowest BCUT2D eigenvalue weighted by Gasteiger charge is -2.19. The summed E-state index contributed by atoms with van der Waals surface area (Å²) in [7, 11) is 0. The van der Waals surface area contributed by atoms with Crippen molar-refractivity contribution in [3.63, 3.8) is 0 Å². The molecule has 6 heteroatoms. The number of benzene rings is 2. The Balaban J connectivity index is 1.98. The van der Waals surface area contributed by atoms with Crippen LogP contribution in [-0.4, -0.2) is 21.1 Å². The highest BCUT2D eigenvalue weighted by molar-refractivity contribution is 5.98. The third-order valence-electron chi connectivity index (χ3n) is 3.70. The van der Waals surface area contributed by atoms with Crippen molar-refractivity contribution in [3.8, 4) is 11.5 Å². The lowest BCUT2D eigenvalue weighted by Crippen LogP contribution is -2.30. The van der Waals surface area contributed by atoms with E-state index >= 15 is 0 Å². The largest absolute Gasteiger partial charge is 0.504 e. The summed E-state index contributed by atoms with van der Waals surface area (Å²) < 4.78 is 13.6. The Morgan fingerprint density at radius 1 is 1.04 bits per heavy atom. The number of halogens is 1. The fourth-order valence-corrected chi connectivity index (χ4v) is 2.48. The molecule has 3 rings (SSSR count). The van der Waals surface area contributed by atoms with E-state index in [9.17, 15) is 19.4 Å². The lowest BCUT2D eigenvalue weighted by molar-refractivity contribution is 0.0939. The van der Waals surface area contributed by atoms with Crippen molar-refractivity contribution in [2.45, 2.75) is 6.04 Å². The second kappa shape index (κ2) is 7.00.